The van der Waals surface area contributed by atoms with Crippen molar-refractivity contribution in [2.24, 2.45) is 0 Å². The highest BCUT2D eigenvalue weighted by Gasteiger charge is 2.21. The number of nitrogens with zero attached hydrogens (tertiary/aromatic N) is 7. The summed E-state index contributed by atoms with van der Waals surface area (Å²) in [5.41, 5.74) is 7.92. The standard InChI is InChI=1S/C47H27N7/c1-2-11-29-28(10-1)19-20-37-42(29)36-14-5-8-18-41(36)51-44(37)38-22-21-33(32-15-9-25-50-43(32)38)45-52-46(34-23-26-48-39-16-6-3-12-30(34)39)54-47(53-45)35-24-27-49-40-17-7-4-13-31(35)40/h1-27H. The zero-order valence-corrected chi connectivity index (χ0v) is 28.7. The molecule has 0 aliphatic carbocycles. The van der Waals surface area contributed by atoms with Gasteiger partial charge in [-0.15, -0.1) is 0 Å². The topological polar surface area (TPSA) is 90.2 Å². The highest BCUT2D eigenvalue weighted by Crippen LogP contribution is 2.41. The molecule has 250 valence electrons. The highest BCUT2D eigenvalue weighted by atomic mass is 15.0. The number of hydrogen-bond donors (Lipinski definition) is 0. The number of rotatable bonds is 4. The fraction of sp³-hybridized carbons (Fsp3) is 0. The molecule has 7 nitrogen and oxygen atoms in total. The number of fused-ring (bicyclic) bond motifs is 8. The molecule has 0 aliphatic rings. The van der Waals surface area contributed by atoms with Crippen LogP contribution in [-0.2, 0) is 0 Å². The molecule has 0 spiro atoms. The maximum absolute atomic E-state index is 5.31. The minimum atomic E-state index is 0.545. The van der Waals surface area contributed by atoms with Gasteiger partial charge in [-0.25, -0.2) is 19.9 Å². The molecule has 0 aliphatic heterocycles. The van der Waals surface area contributed by atoms with Gasteiger partial charge < -0.3 is 0 Å². The van der Waals surface area contributed by atoms with Gasteiger partial charge in [0.05, 0.1) is 27.8 Å². The van der Waals surface area contributed by atoms with Crippen molar-refractivity contribution >= 4 is 65.2 Å². The summed E-state index contributed by atoms with van der Waals surface area (Å²) in [6.07, 6.45) is 5.45. The third-order valence-corrected chi connectivity index (χ3v) is 10.3. The van der Waals surface area contributed by atoms with Crippen molar-refractivity contribution in [2.75, 3.05) is 0 Å². The van der Waals surface area contributed by atoms with E-state index in [0.29, 0.717) is 17.5 Å². The van der Waals surface area contributed by atoms with Crippen molar-refractivity contribution < 1.29 is 0 Å². The maximum Gasteiger partial charge on any atom is 0.164 e. The number of aromatic nitrogens is 7. The van der Waals surface area contributed by atoms with E-state index >= 15 is 0 Å². The summed E-state index contributed by atoms with van der Waals surface area (Å²) in [4.78, 5) is 35.1. The first kappa shape index (κ1) is 30.1. The molecule has 0 N–H and O–H groups in total. The molecule has 6 aromatic carbocycles. The third-order valence-electron chi connectivity index (χ3n) is 10.3. The highest BCUT2D eigenvalue weighted by molar-refractivity contribution is 6.23. The van der Waals surface area contributed by atoms with E-state index in [-0.39, 0.29) is 0 Å². The van der Waals surface area contributed by atoms with Crippen molar-refractivity contribution in [1.29, 1.82) is 0 Å². The monoisotopic (exact) mass is 689 g/mol. The van der Waals surface area contributed by atoms with E-state index in [9.17, 15) is 0 Å². The molecule has 5 aromatic heterocycles. The Labute approximate surface area is 308 Å². The maximum atomic E-state index is 5.31. The molecule has 0 fully saturated rings. The quantitative estimate of drug-likeness (QED) is 0.170. The minimum absolute atomic E-state index is 0.545. The zero-order chi connectivity index (χ0) is 35.6. The molecule has 0 atom stereocenters. The molecule has 11 rings (SSSR count). The van der Waals surface area contributed by atoms with Gasteiger partial charge in [0, 0.05) is 73.2 Å². The van der Waals surface area contributed by atoms with Crippen molar-refractivity contribution in [3.8, 4) is 45.4 Å². The lowest BCUT2D eigenvalue weighted by Gasteiger charge is -2.15. The summed E-state index contributed by atoms with van der Waals surface area (Å²) >= 11 is 0. The Morgan fingerprint density at radius 3 is 1.52 bits per heavy atom. The largest absolute Gasteiger partial charge is 0.256 e. The predicted molar refractivity (Wildman–Crippen MR) is 218 cm³/mol. The van der Waals surface area contributed by atoms with Gasteiger partial charge in [0.15, 0.2) is 17.5 Å². The smallest absolute Gasteiger partial charge is 0.164 e. The van der Waals surface area contributed by atoms with Crippen LogP contribution in [0.2, 0.25) is 0 Å². The second kappa shape index (κ2) is 12.0. The molecular formula is C47H27N7. The first-order valence-electron chi connectivity index (χ1n) is 17.8. The SMILES string of the molecule is c1ccc2c(c1)ccc1c(-c3ccc(-c4nc(-c5ccnc6ccccc56)nc(-c5ccnc6ccccc56)n4)c4cccnc34)nc3ccccc3c12. The molecule has 5 heterocycles. The van der Waals surface area contributed by atoms with Crippen LogP contribution in [0.3, 0.4) is 0 Å². The van der Waals surface area contributed by atoms with Gasteiger partial charge in [0.25, 0.3) is 0 Å². The fourth-order valence-corrected chi connectivity index (χ4v) is 7.81. The van der Waals surface area contributed by atoms with E-state index in [2.05, 4.69) is 94.9 Å². The average molecular weight is 690 g/mol. The Morgan fingerprint density at radius 1 is 0.296 bits per heavy atom. The van der Waals surface area contributed by atoms with Crippen LogP contribution in [0.4, 0.5) is 0 Å². The predicted octanol–water partition coefficient (Wildman–Crippen LogP) is 11.0. The lowest BCUT2D eigenvalue weighted by atomic mass is 9.93. The van der Waals surface area contributed by atoms with Crippen LogP contribution in [0.25, 0.3) is 111 Å². The fourth-order valence-electron chi connectivity index (χ4n) is 7.81. The summed E-state index contributed by atoms with van der Waals surface area (Å²) in [5.74, 6) is 1.66. The summed E-state index contributed by atoms with van der Waals surface area (Å²) < 4.78 is 0. The molecule has 0 saturated heterocycles. The Kier molecular flexibility index (Phi) is 6.72. The molecule has 0 unspecified atom stereocenters. The number of benzene rings is 6. The van der Waals surface area contributed by atoms with Crippen molar-refractivity contribution in [1.82, 2.24) is 34.9 Å². The Balaban J connectivity index is 1.19. The van der Waals surface area contributed by atoms with Crippen molar-refractivity contribution in [3.63, 3.8) is 0 Å². The van der Waals surface area contributed by atoms with Crippen LogP contribution in [0.5, 0.6) is 0 Å². The molecule has 54 heavy (non-hydrogen) atoms. The zero-order valence-electron chi connectivity index (χ0n) is 28.7. The summed E-state index contributed by atoms with van der Waals surface area (Å²) in [6.45, 7) is 0. The first-order valence-corrected chi connectivity index (χ1v) is 17.8. The van der Waals surface area contributed by atoms with Crippen molar-refractivity contribution in [2.45, 2.75) is 0 Å². The lowest BCUT2D eigenvalue weighted by molar-refractivity contribution is 1.08. The Hall–Kier alpha value is -7.51. The number of hydrogen-bond acceptors (Lipinski definition) is 7. The average Bonchev–Trinajstić information content (AvgIpc) is 3.25. The van der Waals surface area contributed by atoms with Crippen LogP contribution < -0.4 is 0 Å². The molecule has 0 radical (unpaired) electrons. The van der Waals surface area contributed by atoms with Crippen molar-refractivity contribution in [3.05, 3.63) is 164 Å². The van der Waals surface area contributed by atoms with E-state index in [4.69, 9.17) is 24.9 Å². The number of pyridine rings is 4. The molecular weight excluding hydrogens is 663 g/mol. The Bertz CT molecular complexity index is 3180. The second-order valence-electron chi connectivity index (χ2n) is 13.3. The molecule has 0 bridgehead atoms. The van der Waals surface area contributed by atoms with E-state index in [1.807, 2.05) is 66.9 Å². The molecule has 0 amide bonds. The van der Waals surface area contributed by atoms with Crippen LogP contribution in [0, 0.1) is 0 Å². The van der Waals surface area contributed by atoms with Crippen LogP contribution in [0.15, 0.2) is 164 Å². The summed E-state index contributed by atoms with van der Waals surface area (Å²) in [6, 6.07) is 49.6. The van der Waals surface area contributed by atoms with Crippen LogP contribution in [-0.4, -0.2) is 34.9 Å². The van der Waals surface area contributed by atoms with E-state index < -0.39 is 0 Å². The van der Waals surface area contributed by atoms with E-state index in [0.717, 1.165) is 76.9 Å². The van der Waals surface area contributed by atoms with Gasteiger partial charge in [-0.3, -0.25) is 15.0 Å². The first-order chi connectivity index (χ1) is 26.8. The molecule has 7 heteroatoms. The summed E-state index contributed by atoms with van der Waals surface area (Å²) in [7, 11) is 0. The third kappa shape index (κ3) is 4.72. The van der Waals surface area contributed by atoms with Crippen LogP contribution >= 0.6 is 0 Å². The van der Waals surface area contributed by atoms with Gasteiger partial charge in [0.2, 0.25) is 0 Å². The second-order valence-corrected chi connectivity index (χ2v) is 13.3. The molecule has 0 saturated carbocycles. The number of para-hydroxylation sites is 3. The minimum Gasteiger partial charge on any atom is -0.256 e. The van der Waals surface area contributed by atoms with Gasteiger partial charge in [-0.2, -0.15) is 0 Å². The van der Waals surface area contributed by atoms with Gasteiger partial charge >= 0.3 is 0 Å². The van der Waals surface area contributed by atoms with Gasteiger partial charge in [0.1, 0.15) is 0 Å². The van der Waals surface area contributed by atoms with Gasteiger partial charge in [-0.1, -0.05) is 97.1 Å². The van der Waals surface area contributed by atoms with E-state index in [1.165, 1.54) is 16.2 Å². The lowest BCUT2D eigenvalue weighted by Crippen LogP contribution is -2.02. The van der Waals surface area contributed by atoms with Crippen LogP contribution in [0.1, 0.15) is 0 Å². The van der Waals surface area contributed by atoms with Gasteiger partial charge in [-0.05, 0) is 59.3 Å². The molecule has 11 aromatic rings. The summed E-state index contributed by atoms with van der Waals surface area (Å²) in [5, 5.41) is 8.62. The Morgan fingerprint density at radius 2 is 0.833 bits per heavy atom. The van der Waals surface area contributed by atoms with E-state index in [1.54, 1.807) is 12.4 Å². The normalized spacial score (nSPS) is 11.7.